The Morgan fingerprint density at radius 1 is 1.17 bits per heavy atom. The fraction of sp³-hybridized carbons (Fsp3) is 0.231. The fourth-order valence-electron chi connectivity index (χ4n) is 1.28. The van der Waals surface area contributed by atoms with Gasteiger partial charge in [0.15, 0.2) is 5.16 Å². The molecule has 0 aliphatic heterocycles. The number of rotatable bonds is 5. The summed E-state index contributed by atoms with van der Waals surface area (Å²) in [6.45, 7) is 2.62. The number of hydrogen-bond acceptors (Lipinski definition) is 4. The first-order valence-electron chi connectivity index (χ1n) is 5.54. The van der Waals surface area contributed by atoms with E-state index in [1.807, 2.05) is 43.6 Å². The Morgan fingerprint density at radius 3 is 2.50 bits per heavy atom. The van der Waals surface area contributed by atoms with Gasteiger partial charge in [-0.3, -0.25) is 0 Å². The number of aromatic nitrogens is 2. The molecule has 0 fully saturated rings. The molecule has 5 heteroatoms. The molecule has 0 saturated carbocycles. The molecule has 94 valence electrons. The average molecular weight is 325 g/mol. The van der Waals surface area contributed by atoms with Crippen LogP contribution >= 0.6 is 27.7 Å². The number of aryl methyl sites for hydroxylation is 1. The topological polar surface area (TPSA) is 35.0 Å². The highest BCUT2D eigenvalue weighted by molar-refractivity contribution is 9.10. The van der Waals surface area contributed by atoms with Crippen molar-refractivity contribution in [2.75, 3.05) is 12.4 Å². The summed E-state index contributed by atoms with van der Waals surface area (Å²) in [6, 6.07) is 7.81. The zero-order valence-corrected chi connectivity index (χ0v) is 12.4. The van der Waals surface area contributed by atoms with Crippen molar-refractivity contribution >= 4 is 27.7 Å². The number of benzene rings is 1. The maximum atomic E-state index is 5.61. The number of halogens is 1. The van der Waals surface area contributed by atoms with E-state index in [0.717, 1.165) is 26.7 Å². The Morgan fingerprint density at radius 2 is 1.83 bits per heavy atom. The standard InChI is InChI=1S/C13H13BrN2OS/c1-10-8-15-13(16-9-10)18-7-6-17-12-4-2-11(14)3-5-12/h2-5,8-9H,6-7H2,1H3. The van der Waals surface area contributed by atoms with Gasteiger partial charge in [0.05, 0.1) is 6.61 Å². The highest BCUT2D eigenvalue weighted by Crippen LogP contribution is 2.17. The van der Waals surface area contributed by atoms with E-state index in [1.54, 1.807) is 11.8 Å². The summed E-state index contributed by atoms with van der Waals surface area (Å²) in [7, 11) is 0. The van der Waals surface area contributed by atoms with Gasteiger partial charge in [0.1, 0.15) is 5.75 Å². The molecule has 0 aliphatic carbocycles. The Kier molecular flexibility index (Phi) is 5.01. The summed E-state index contributed by atoms with van der Waals surface area (Å²) in [4.78, 5) is 8.45. The van der Waals surface area contributed by atoms with E-state index in [2.05, 4.69) is 25.9 Å². The van der Waals surface area contributed by atoms with Gasteiger partial charge in [-0.1, -0.05) is 27.7 Å². The molecule has 2 rings (SSSR count). The molecule has 1 heterocycles. The van der Waals surface area contributed by atoms with Crippen molar-refractivity contribution in [1.82, 2.24) is 9.97 Å². The molecule has 0 spiro atoms. The molecule has 0 N–H and O–H groups in total. The third-order valence-corrected chi connectivity index (χ3v) is 3.52. The summed E-state index contributed by atoms with van der Waals surface area (Å²) in [5.74, 6) is 1.71. The number of ether oxygens (including phenoxy) is 1. The number of nitrogens with zero attached hydrogens (tertiary/aromatic N) is 2. The van der Waals surface area contributed by atoms with Crippen molar-refractivity contribution in [3.05, 3.63) is 46.7 Å². The van der Waals surface area contributed by atoms with Crippen LogP contribution in [0.1, 0.15) is 5.56 Å². The normalized spacial score (nSPS) is 10.3. The molecular formula is C13H13BrN2OS. The van der Waals surface area contributed by atoms with Crippen LogP contribution in [0.2, 0.25) is 0 Å². The SMILES string of the molecule is Cc1cnc(SCCOc2ccc(Br)cc2)nc1. The molecule has 1 aromatic carbocycles. The minimum absolute atomic E-state index is 0.642. The molecule has 18 heavy (non-hydrogen) atoms. The zero-order chi connectivity index (χ0) is 12.8. The van der Waals surface area contributed by atoms with Crippen LogP contribution in [0, 0.1) is 6.92 Å². The van der Waals surface area contributed by atoms with Gasteiger partial charge in [0.25, 0.3) is 0 Å². The maximum absolute atomic E-state index is 5.61. The third-order valence-electron chi connectivity index (χ3n) is 2.15. The van der Waals surface area contributed by atoms with Gasteiger partial charge in [-0.05, 0) is 36.8 Å². The lowest BCUT2D eigenvalue weighted by molar-refractivity contribution is 0.344. The van der Waals surface area contributed by atoms with E-state index in [9.17, 15) is 0 Å². The van der Waals surface area contributed by atoms with Crippen molar-refractivity contribution < 1.29 is 4.74 Å². The van der Waals surface area contributed by atoms with Crippen molar-refractivity contribution in [2.45, 2.75) is 12.1 Å². The molecule has 1 aromatic heterocycles. The fourth-order valence-corrected chi connectivity index (χ4v) is 2.15. The molecule has 0 bridgehead atoms. The van der Waals surface area contributed by atoms with Crippen LogP contribution < -0.4 is 4.74 Å². The van der Waals surface area contributed by atoms with E-state index < -0.39 is 0 Å². The lowest BCUT2D eigenvalue weighted by Gasteiger charge is -2.05. The van der Waals surface area contributed by atoms with Gasteiger partial charge < -0.3 is 4.74 Å². The Hall–Kier alpha value is -1.07. The first kappa shape index (κ1) is 13.4. The van der Waals surface area contributed by atoms with Crippen molar-refractivity contribution in [1.29, 1.82) is 0 Å². The van der Waals surface area contributed by atoms with Crippen LogP contribution in [-0.2, 0) is 0 Å². The molecule has 0 unspecified atom stereocenters. The van der Waals surface area contributed by atoms with Crippen LogP contribution in [0.3, 0.4) is 0 Å². The monoisotopic (exact) mass is 324 g/mol. The van der Waals surface area contributed by atoms with E-state index >= 15 is 0 Å². The summed E-state index contributed by atoms with van der Waals surface area (Å²) in [5, 5.41) is 0.792. The molecule has 0 atom stereocenters. The predicted molar refractivity (Wildman–Crippen MR) is 77.1 cm³/mol. The largest absolute Gasteiger partial charge is 0.493 e. The second kappa shape index (κ2) is 6.75. The van der Waals surface area contributed by atoms with Gasteiger partial charge in [-0.25, -0.2) is 9.97 Å². The molecule has 0 amide bonds. The molecule has 3 nitrogen and oxygen atoms in total. The first-order chi connectivity index (χ1) is 8.74. The van der Waals surface area contributed by atoms with Gasteiger partial charge >= 0.3 is 0 Å². The highest BCUT2D eigenvalue weighted by atomic mass is 79.9. The van der Waals surface area contributed by atoms with Crippen LogP contribution in [0.25, 0.3) is 0 Å². The quantitative estimate of drug-likeness (QED) is 0.477. The highest BCUT2D eigenvalue weighted by Gasteiger charge is 1.98. The van der Waals surface area contributed by atoms with Gasteiger partial charge in [0.2, 0.25) is 0 Å². The summed E-state index contributed by atoms with van der Waals surface area (Å²) in [6.07, 6.45) is 3.65. The van der Waals surface area contributed by atoms with Crippen LogP contribution in [0.4, 0.5) is 0 Å². The average Bonchev–Trinajstić information content (AvgIpc) is 2.39. The Balaban J connectivity index is 1.73. The van der Waals surface area contributed by atoms with Crippen molar-refractivity contribution in [2.24, 2.45) is 0 Å². The van der Waals surface area contributed by atoms with E-state index in [-0.39, 0.29) is 0 Å². The van der Waals surface area contributed by atoms with E-state index in [0.29, 0.717) is 6.61 Å². The van der Waals surface area contributed by atoms with Crippen LogP contribution in [0.15, 0.2) is 46.3 Å². The van der Waals surface area contributed by atoms with E-state index in [4.69, 9.17) is 4.74 Å². The second-order valence-electron chi connectivity index (χ2n) is 3.69. The van der Waals surface area contributed by atoms with Crippen molar-refractivity contribution in [3.63, 3.8) is 0 Å². The minimum atomic E-state index is 0.642. The molecule has 0 saturated heterocycles. The Labute approximate surface area is 119 Å². The smallest absolute Gasteiger partial charge is 0.187 e. The number of hydrogen-bond donors (Lipinski definition) is 0. The summed E-state index contributed by atoms with van der Waals surface area (Å²) in [5.41, 5.74) is 1.07. The molecule has 0 radical (unpaired) electrons. The van der Waals surface area contributed by atoms with Gasteiger partial charge in [-0.15, -0.1) is 0 Å². The van der Waals surface area contributed by atoms with E-state index in [1.165, 1.54) is 0 Å². The second-order valence-corrected chi connectivity index (χ2v) is 5.67. The minimum Gasteiger partial charge on any atom is -0.493 e. The van der Waals surface area contributed by atoms with Crippen LogP contribution in [0.5, 0.6) is 5.75 Å². The zero-order valence-electron chi connectivity index (χ0n) is 9.97. The van der Waals surface area contributed by atoms with Gasteiger partial charge in [-0.2, -0.15) is 0 Å². The third kappa shape index (κ3) is 4.31. The van der Waals surface area contributed by atoms with Crippen LogP contribution in [-0.4, -0.2) is 22.3 Å². The van der Waals surface area contributed by atoms with Crippen molar-refractivity contribution in [3.8, 4) is 5.75 Å². The summed E-state index contributed by atoms with van der Waals surface area (Å²) < 4.78 is 6.66. The Bertz CT molecular complexity index is 440. The lowest BCUT2D eigenvalue weighted by Crippen LogP contribution is -2.00. The van der Waals surface area contributed by atoms with Gasteiger partial charge in [0, 0.05) is 22.6 Å². The number of thioether (sulfide) groups is 1. The molecule has 2 aromatic rings. The molecule has 0 aliphatic rings. The maximum Gasteiger partial charge on any atom is 0.187 e. The summed E-state index contributed by atoms with van der Waals surface area (Å²) >= 11 is 4.98. The lowest BCUT2D eigenvalue weighted by atomic mass is 10.3. The first-order valence-corrected chi connectivity index (χ1v) is 7.32. The predicted octanol–water partition coefficient (Wildman–Crippen LogP) is 3.72. The molecular weight excluding hydrogens is 312 g/mol.